The van der Waals surface area contributed by atoms with Gasteiger partial charge in [-0.3, -0.25) is 0 Å². The van der Waals surface area contributed by atoms with Crippen LogP contribution in [0.2, 0.25) is 0 Å². The molecule has 3 N–H and O–H groups in total. The van der Waals surface area contributed by atoms with Crippen molar-refractivity contribution in [3.8, 4) is 11.5 Å². The van der Waals surface area contributed by atoms with E-state index >= 15 is 0 Å². The zero-order chi connectivity index (χ0) is 17.7. The van der Waals surface area contributed by atoms with Crippen LogP contribution in [-0.2, 0) is 0 Å². The highest BCUT2D eigenvalue weighted by Crippen LogP contribution is 2.39. The first-order chi connectivity index (χ1) is 12.1. The Morgan fingerprint density at radius 3 is 2.48 bits per heavy atom. The van der Waals surface area contributed by atoms with E-state index in [0.29, 0.717) is 12.5 Å². The second-order valence-corrected chi connectivity index (χ2v) is 7.08. The molecule has 4 heteroatoms. The van der Waals surface area contributed by atoms with Gasteiger partial charge >= 0.3 is 0 Å². The molecule has 0 unspecified atom stereocenters. The number of para-hydroxylation sites is 1. The number of hydrogen-bond acceptors (Lipinski definition) is 4. The molecule has 0 aliphatic heterocycles. The minimum atomic E-state index is -0.414. The van der Waals surface area contributed by atoms with Crippen molar-refractivity contribution in [2.45, 2.75) is 43.7 Å². The highest BCUT2D eigenvalue weighted by molar-refractivity contribution is 5.31. The Hall–Kier alpha value is -2.04. The predicted molar refractivity (Wildman–Crippen MR) is 99.1 cm³/mol. The third-order valence-corrected chi connectivity index (χ3v) is 4.88. The Labute approximate surface area is 149 Å². The summed E-state index contributed by atoms with van der Waals surface area (Å²) < 4.78 is 11.6. The minimum absolute atomic E-state index is 0.0383. The lowest BCUT2D eigenvalue weighted by Crippen LogP contribution is -2.40. The van der Waals surface area contributed by atoms with Crippen molar-refractivity contribution in [2.75, 3.05) is 13.2 Å². The molecule has 0 saturated heterocycles. The van der Waals surface area contributed by atoms with Crippen LogP contribution in [0.25, 0.3) is 0 Å². The number of rotatable bonds is 7. The molecule has 2 aromatic rings. The summed E-state index contributed by atoms with van der Waals surface area (Å²) in [6, 6.07) is 18.0. The molecule has 0 heterocycles. The van der Waals surface area contributed by atoms with Crippen molar-refractivity contribution in [1.82, 2.24) is 0 Å². The normalized spacial score (nSPS) is 24.0. The molecule has 0 amide bonds. The lowest BCUT2D eigenvalue weighted by atomic mass is 9.94. The Balaban J connectivity index is 1.50. The summed E-state index contributed by atoms with van der Waals surface area (Å²) >= 11 is 0. The second-order valence-electron chi connectivity index (χ2n) is 7.08. The van der Waals surface area contributed by atoms with Gasteiger partial charge in [0.2, 0.25) is 0 Å². The fourth-order valence-electron chi connectivity index (χ4n) is 3.40. The lowest BCUT2D eigenvalue weighted by molar-refractivity contribution is 0.143. The number of aliphatic hydroxyl groups is 1. The number of nitrogens with two attached hydrogens (primary N) is 1. The maximum absolute atomic E-state index is 9.41. The Kier molecular flexibility index (Phi) is 5.61. The number of hydrogen-bond donors (Lipinski definition) is 2. The Morgan fingerprint density at radius 2 is 1.84 bits per heavy atom. The first-order valence-corrected chi connectivity index (χ1v) is 8.92. The second kappa shape index (κ2) is 7.89. The molecule has 1 aliphatic carbocycles. The monoisotopic (exact) mass is 341 g/mol. The van der Waals surface area contributed by atoms with Crippen LogP contribution in [-0.4, -0.2) is 30.0 Å². The smallest absolute Gasteiger partial charge is 0.130 e. The average molecular weight is 341 g/mol. The van der Waals surface area contributed by atoms with Gasteiger partial charge in [0.1, 0.15) is 24.2 Å². The van der Waals surface area contributed by atoms with Gasteiger partial charge in [0.05, 0.1) is 6.61 Å². The minimum Gasteiger partial charge on any atom is -0.490 e. The van der Waals surface area contributed by atoms with Crippen molar-refractivity contribution < 1.29 is 14.6 Å². The molecule has 0 radical (unpaired) electrons. The van der Waals surface area contributed by atoms with E-state index in [1.807, 2.05) is 49.4 Å². The van der Waals surface area contributed by atoms with Crippen LogP contribution < -0.4 is 15.2 Å². The van der Waals surface area contributed by atoms with Crippen molar-refractivity contribution in [1.29, 1.82) is 0 Å². The topological polar surface area (TPSA) is 64.7 Å². The van der Waals surface area contributed by atoms with Gasteiger partial charge in [0, 0.05) is 5.54 Å². The summed E-state index contributed by atoms with van der Waals surface area (Å²) in [6.07, 6.45) is 2.70. The van der Waals surface area contributed by atoms with E-state index in [9.17, 15) is 5.11 Å². The van der Waals surface area contributed by atoms with E-state index in [0.717, 1.165) is 30.8 Å². The zero-order valence-corrected chi connectivity index (χ0v) is 14.7. The molecular weight excluding hydrogens is 314 g/mol. The molecule has 0 bridgehead atoms. The van der Waals surface area contributed by atoms with Gasteiger partial charge in [-0.1, -0.05) is 30.3 Å². The maximum atomic E-state index is 9.41. The van der Waals surface area contributed by atoms with Gasteiger partial charge in [0.15, 0.2) is 0 Å². The van der Waals surface area contributed by atoms with Gasteiger partial charge in [-0.2, -0.15) is 0 Å². The van der Waals surface area contributed by atoms with Crippen molar-refractivity contribution >= 4 is 0 Å². The summed E-state index contributed by atoms with van der Waals surface area (Å²) in [4.78, 5) is 0. The standard InChI is InChI=1S/C21H27NO3/c1-16(14-24-19-5-3-2-4-6-19)25-20-9-7-17(8-10-20)18-11-12-21(22,13-18)15-23/h2-10,16,18,23H,11-15,22H2,1H3/t16-,18-,21+/m1/s1. The van der Waals surface area contributed by atoms with Crippen LogP contribution in [0.5, 0.6) is 11.5 Å². The Bertz CT molecular complexity index is 659. The molecule has 0 aromatic heterocycles. The SMILES string of the molecule is C[C@H](COc1ccccc1)Oc1ccc([C@@H]2CC[C@@](N)(CO)C2)cc1. The summed E-state index contributed by atoms with van der Waals surface area (Å²) in [6.45, 7) is 2.56. The van der Waals surface area contributed by atoms with Gasteiger partial charge in [-0.25, -0.2) is 0 Å². The van der Waals surface area contributed by atoms with Gasteiger partial charge in [-0.15, -0.1) is 0 Å². The molecule has 1 aliphatic rings. The molecule has 1 fully saturated rings. The van der Waals surface area contributed by atoms with Gasteiger partial charge < -0.3 is 20.3 Å². The highest BCUT2D eigenvalue weighted by Gasteiger charge is 2.35. The third-order valence-electron chi connectivity index (χ3n) is 4.88. The fourth-order valence-corrected chi connectivity index (χ4v) is 3.40. The first-order valence-electron chi connectivity index (χ1n) is 8.92. The van der Waals surface area contributed by atoms with Crippen LogP contribution in [0.3, 0.4) is 0 Å². The van der Waals surface area contributed by atoms with Crippen molar-refractivity contribution in [3.63, 3.8) is 0 Å². The average Bonchev–Trinajstić information content (AvgIpc) is 3.04. The predicted octanol–water partition coefficient (Wildman–Crippen LogP) is 3.49. The summed E-state index contributed by atoms with van der Waals surface area (Å²) in [5, 5.41) is 9.41. The molecule has 4 nitrogen and oxygen atoms in total. The molecule has 1 saturated carbocycles. The molecule has 134 valence electrons. The molecule has 25 heavy (non-hydrogen) atoms. The molecule has 3 atom stereocenters. The van der Waals surface area contributed by atoms with Crippen molar-refractivity contribution in [3.05, 3.63) is 60.2 Å². The van der Waals surface area contributed by atoms with E-state index in [1.54, 1.807) is 0 Å². The number of aliphatic hydroxyl groups excluding tert-OH is 1. The molecular formula is C21H27NO3. The van der Waals surface area contributed by atoms with E-state index in [1.165, 1.54) is 5.56 Å². The van der Waals surface area contributed by atoms with E-state index < -0.39 is 5.54 Å². The highest BCUT2D eigenvalue weighted by atomic mass is 16.5. The lowest BCUT2D eigenvalue weighted by Gasteiger charge is -2.21. The largest absolute Gasteiger partial charge is 0.490 e. The number of ether oxygens (including phenoxy) is 2. The zero-order valence-electron chi connectivity index (χ0n) is 14.7. The van der Waals surface area contributed by atoms with Crippen LogP contribution in [0, 0.1) is 0 Å². The summed E-state index contributed by atoms with van der Waals surface area (Å²) in [7, 11) is 0. The summed E-state index contributed by atoms with van der Waals surface area (Å²) in [5.74, 6) is 2.11. The third kappa shape index (κ3) is 4.74. The Morgan fingerprint density at radius 1 is 1.12 bits per heavy atom. The number of benzene rings is 2. The van der Waals surface area contributed by atoms with E-state index in [4.69, 9.17) is 15.2 Å². The molecule has 0 spiro atoms. The van der Waals surface area contributed by atoms with Gasteiger partial charge in [0.25, 0.3) is 0 Å². The van der Waals surface area contributed by atoms with Crippen LogP contribution in [0.15, 0.2) is 54.6 Å². The molecule has 3 rings (SSSR count). The van der Waals surface area contributed by atoms with Gasteiger partial charge in [-0.05, 0) is 61.9 Å². The van der Waals surface area contributed by atoms with Crippen LogP contribution in [0.1, 0.15) is 37.7 Å². The van der Waals surface area contributed by atoms with Crippen LogP contribution >= 0.6 is 0 Å². The molecule has 2 aromatic carbocycles. The van der Waals surface area contributed by atoms with E-state index in [-0.39, 0.29) is 12.7 Å². The first kappa shape index (κ1) is 17.8. The van der Waals surface area contributed by atoms with Crippen LogP contribution in [0.4, 0.5) is 0 Å². The fraction of sp³-hybridized carbons (Fsp3) is 0.429. The van der Waals surface area contributed by atoms with Crippen molar-refractivity contribution in [2.24, 2.45) is 5.73 Å². The van der Waals surface area contributed by atoms with E-state index in [2.05, 4.69) is 12.1 Å². The maximum Gasteiger partial charge on any atom is 0.130 e. The summed E-state index contributed by atoms with van der Waals surface area (Å²) in [5.41, 5.74) is 7.03. The quantitative estimate of drug-likeness (QED) is 0.809.